The Morgan fingerprint density at radius 1 is 1.36 bits per heavy atom. The van der Waals surface area contributed by atoms with Crippen LogP contribution in [0.4, 0.5) is 0 Å². The second-order valence-corrected chi connectivity index (χ2v) is 5.99. The lowest BCUT2D eigenvalue weighted by atomic mass is 9.79. The number of carbonyl (C=O) groups excluding carboxylic acids is 1. The topological polar surface area (TPSA) is 62.2 Å². The molecule has 0 spiro atoms. The largest absolute Gasteiger partial charge is 0.383 e. The highest BCUT2D eigenvalue weighted by atomic mass is 35.5. The summed E-state index contributed by atoms with van der Waals surface area (Å²) in [5, 5.41) is 14.0. The molecule has 0 saturated heterocycles. The summed E-state index contributed by atoms with van der Waals surface area (Å²) in [7, 11) is 0. The Hall–Kier alpha value is -1.91. The van der Waals surface area contributed by atoms with Crippen molar-refractivity contribution in [1.29, 1.82) is 0 Å². The molecule has 0 saturated carbocycles. The van der Waals surface area contributed by atoms with Crippen LogP contribution in [0.3, 0.4) is 0 Å². The van der Waals surface area contributed by atoms with Gasteiger partial charge in [0.15, 0.2) is 0 Å². The highest BCUT2D eigenvalue weighted by Crippen LogP contribution is 2.34. The molecule has 22 heavy (non-hydrogen) atoms. The maximum absolute atomic E-state index is 12.2. The molecule has 3 rings (SSSR count). The molecule has 0 bridgehead atoms. The van der Waals surface area contributed by atoms with E-state index in [4.69, 9.17) is 11.6 Å². The molecule has 0 aliphatic heterocycles. The summed E-state index contributed by atoms with van der Waals surface area (Å²) in [6.45, 7) is 0.168. The Balaban J connectivity index is 1.77. The molecule has 1 heterocycles. The maximum Gasteiger partial charge on any atom is 0.253 e. The van der Waals surface area contributed by atoms with Gasteiger partial charge < -0.3 is 10.4 Å². The van der Waals surface area contributed by atoms with Gasteiger partial charge in [-0.2, -0.15) is 0 Å². The molecule has 0 fully saturated rings. The average molecular weight is 317 g/mol. The SMILES string of the molecule is O=C(NCC1(O)CCCc2ccccc21)c1ccncc1Cl. The summed E-state index contributed by atoms with van der Waals surface area (Å²) in [6.07, 6.45) is 5.45. The van der Waals surface area contributed by atoms with E-state index in [-0.39, 0.29) is 12.5 Å². The van der Waals surface area contributed by atoms with Crippen molar-refractivity contribution in [2.45, 2.75) is 24.9 Å². The van der Waals surface area contributed by atoms with Gasteiger partial charge in [-0.25, -0.2) is 0 Å². The molecular formula is C17H17ClN2O2. The van der Waals surface area contributed by atoms with Crippen LogP contribution in [-0.4, -0.2) is 22.5 Å². The van der Waals surface area contributed by atoms with Crippen molar-refractivity contribution in [3.05, 3.63) is 64.4 Å². The van der Waals surface area contributed by atoms with Crippen LogP contribution in [0.1, 0.15) is 34.3 Å². The lowest BCUT2D eigenvalue weighted by Gasteiger charge is -2.34. The Bertz CT molecular complexity index is 705. The van der Waals surface area contributed by atoms with E-state index in [0.29, 0.717) is 17.0 Å². The van der Waals surface area contributed by atoms with Gasteiger partial charge in [0.2, 0.25) is 0 Å². The smallest absolute Gasteiger partial charge is 0.253 e. The van der Waals surface area contributed by atoms with Crippen molar-refractivity contribution in [3.8, 4) is 0 Å². The van der Waals surface area contributed by atoms with Crippen molar-refractivity contribution in [2.24, 2.45) is 0 Å². The van der Waals surface area contributed by atoms with E-state index in [1.165, 1.54) is 12.4 Å². The zero-order valence-corrected chi connectivity index (χ0v) is 12.8. The van der Waals surface area contributed by atoms with Crippen molar-refractivity contribution >= 4 is 17.5 Å². The van der Waals surface area contributed by atoms with Crippen LogP contribution in [-0.2, 0) is 12.0 Å². The number of aryl methyl sites for hydroxylation is 1. The van der Waals surface area contributed by atoms with Crippen LogP contribution in [0, 0.1) is 0 Å². The normalized spacial score (nSPS) is 20.3. The minimum atomic E-state index is -1.02. The third kappa shape index (κ3) is 2.85. The zero-order valence-electron chi connectivity index (χ0n) is 12.1. The summed E-state index contributed by atoms with van der Waals surface area (Å²) in [4.78, 5) is 16.1. The third-order valence-electron chi connectivity index (χ3n) is 4.11. The lowest BCUT2D eigenvalue weighted by molar-refractivity contribution is 0.0189. The van der Waals surface area contributed by atoms with Crippen LogP contribution in [0.15, 0.2) is 42.7 Å². The Kier molecular flexibility index (Phi) is 4.14. The van der Waals surface area contributed by atoms with Crippen molar-refractivity contribution in [1.82, 2.24) is 10.3 Å². The average Bonchev–Trinajstić information content (AvgIpc) is 2.54. The maximum atomic E-state index is 12.2. The highest BCUT2D eigenvalue weighted by Gasteiger charge is 2.34. The van der Waals surface area contributed by atoms with Gasteiger partial charge in [-0.3, -0.25) is 9.78 Å². The number of hydrogen-bond acceptors (Lipinski definition) is 3. The number of fused-ring (bicyclic) bond motifs is 1. The van der Waals surface area contributed by atoms with Crippen LogP contribution in [0.5, 0.6) is 0 Å². The number of rotatable bonds is 3. The molecule has 1 atom stereocenters. The van der Waals surface area contributed by atoms with E-state index in [1.807, 2.05) is 24.3 Å². The molecule has 114 valence electrons. The molecule has 4 nitrogen and oxygen atoms in total. The van der Waals surface area contributed by atoms with Crippen LogP contribution in [0.2, 0.25) is 5.02 Å². The van der Waals surface area contributed by atoms with E-state index >= 15 is 0 Å². The zero-order chi connectivity index (χ0) is 15.6. The van der Waals surface area contributed by atoms with Gasteiger partial charge in [0, 0.05) is 12.4 Å². The number of nitrogens with one attached hydrogen (secondary N) is 1. The molecule has 5 heteroatoms. The Morgan fingerprint density at radius 3 is 3.00 bits per heavy atom. The fourth-order valence-corrected chi connectivity index (χ4v) is 3.17. The minimum absolute atomic E-state index is 0.168. The van der Waals surface area contributed by atoms with Crippen LogP contribution in [0.25, 0.3) is 0 Å². The van der Waals surface area contributed by atoms with E-state index in [9.17, 15) is 9.90 Å². The lowest BCUT2D eigenvalue weighted by Crippen LogP contribution is -2.43. The molecule has 1 aromatic carbocycles. The molecular weight excluding hydrogens is 300 g/mol. The number of amides is 1. The molecule has 2 N–H and O–H groups in total. The highest BCUT2D eigenvalue weighted by molar-refractivity contribution is 6.33. The Morgan fingerprint density at radius 2 is 2.18 bits per heavy atom. The van der Waals surface area contributed by atoms with Gasteiger partial charge in [-0.05, 0) is 36.5 Å². The van der Waals surface area contributed by atoms with Gasteiger partial charge >= 0.3 is 0 Å². The van der Waals surface area contributed by atoms with E-state index in [2.05, 4.69) is 10.3 Å². The molecule has 2 aromatic rings. The first-order valence-electron chi connectivity index (χ1n) is 7.29. The fraction of sp³-hybridized carbons (Fsp3) is 0.294. The molecule has 0 radical (unpaired) electrons. The fourth-order valence-electron chi connectivity index (χ4n) is 2.96. The first-order chi connectivity index (χ1) is 10.6. The standard InChI is InChI=1S/C17H17ClN2O2/c18-15-10-19-9-7-13(15)16(21)20-11-17(22)8-3-5-12-4-1-2-6-14(12)17/h1-2,4,6-7,9-10,22H,3,5,8,11H2,(H,20,21). The summed E-state index contributed by atoms with van der Waals surface area (Å²) < 4.78 is 0. The predicted molar refractivity (Wildman–Crippen MR) is 84.9 cm³/mol. The van der Waals surface area contributed by atoms with Gasteiger partial charge in [-0.1, -0.05) is 35.9 Å². The van der Waals surface area contributed by atoms with Crippen molar-refractivity contribution in [3.63, 3.8) is 0 Å². The Labute approximate surface area is 134 Å². The van der Waals surface area contributed by atoms with Crippen molar-refractivity contribution < 1.29 is 9.90 Å². The quantitative estimate of drug-likeness (QED) is 0.915. The number of benzene rings is 1. The molecule has 1 unspecified atom stereocenters. The summed E-state index contributed by atoms with van der Waals surface area (Å²) in [6, 6.07) is 9.41. The first kappa shape index (κ1) is 15.0. The molecule has 1 aromatic heterocycles. The second-order valence-electron chi connectivity index (χ2n) is 5.58. The first-order valence-corrected chi connectivity index (χ1v) is 7.66. The van der Waals surface area contributed by atoms with Crippen LogP contribution >= 0.6 is 11.6 Å². The number of pyridine rings is 1. The number of hydrogen-bond donors (Lipinski definition) is 2. The molecule has 1 amide bonds. The molecule has 1 aliphatic rings. The number of nitrogens with zero attached hydrogens (tertiary/aromatic N) is 1. The van der Waals surface area contributed by atoms with E-state index in [1.54, 1.807) is 6.07 Å². The number of aliphatic hydroxyl groups is 1. The third-order valence-corrected chi connectivity index (χ3v) is 4.41. The van der Waals surface area contributed by atoms with E-state index in [0.717, 1.165) is 24.0 Å². The molecule has 1 aliphatic carbocycles. The van der Waals surface area contributed by atoms with E-state index < -0.39 is 5.60 Å². The van der Waals surface area contributed by atoms with Gasteiger partial charge in [0.1, 0.15) is 5.60 Å². The summed E-state index contributed by atoms with van der Waals surface area (Å²) in [5.74, 6) is -0.302. The van der Waals surface area contributed by atoms with Gasteiger partial charge in [0.25, 0.3) is 5.91 Å². The van der Waals surface area contributed by atoms with Crippen molar-refractivity contribution in [2.75, 3.05) is 6.54 Å². The number of aromatic nitrogens is 1. The predicted octanol–water partition coefficient (Wildman–Crippen LogP) is 2.69. The summed E-state index contributed by atoms with van der Waals surface area (Å²) in [5.41, 5.74) is 1.39. The second kappa shape index (κ2) is 6.07. The van der Waals surface area contributed by atoms with Crippen LogP contribution < -0.4 is 5.32 Å². The van der Waals surface area contributed by atoms with Gasteiger partial charge in [-0.15, -0.1) is 0 Å². The number of carbonyl (C=O) groups is 1. The summed E-state index contributed by atoms with van der Waals surface area (Å²) >= 11 is 5.97. The monoisotopic (exact) mass is 316 g/mol. The van der Waals surface area contributed by atoms with Gasteiger partial charge in [0.05, 0.1) is 17.1 Å². The number of halogens is 1. The minimum Gasteiger partial charge on any atom is -0.383 e.